The molecule has 0 aromatic heterocycles. The number of hydrogen-bond acceptors (Lipinski definition) is 0. The van der Waals surface area contributed by atoms with Crippen LogP contribution in [0.25, 0.3) is 0 Å². The zero-order valence-electron chi connectivity index (χ0n) is 11.5. The molecule has 0 bridgehead atoms. The summed E-state index contributed by atoms with van der Waals surface area (Å²) in [5.74, 6) is 0.776. The molecule has 1 aliphatic rings. The molecule has 0 aromatic rings. The molecule has 1 atom stereocenters. The van der Waals surface area contributed by atoms with E-state index in [-0.39, 0.29) is 0 Å². The Labute approximate surface area is 118 Å². The maximum absolute atomic E-state index is 6.77. The van der Waals surface area contributed by atoms with Gasteiger partial charge in [-0.3, -0.25) is 0 Å². The average Bonchev–Trinajstić information content (AvgIpc) is 2.35. The van der Waals surface area contributed by atoms with Crippen molar-refractivity contribution in [2.45, 2.75) is 83.2 Å². The second-order valence-corrected chi connectivity index (χ2v) is 13.1. The van der Waals surface area contributed by atoms with Crippen molar-refractivity contribution in [1.82, 2.24) is 0 Å². The van der Waals surface area contributed by atoms with Crippen molar-refractivity contribution in [3.63, 3.8) is 0 Å². The van der Waals surface area contributed by atoms with Gasteiger partial charge >= 0.3 is 0 Å². The van der Waals surface area contributed by atoms with Crippen LogP contribution in [0.3, 0.4) is 0 Å². The second kappa shape index (κ2) is 8.07. The number of rotatable bonds is 7. The van der Waals surface area contributed by atoms with Crippen molar-refractivity contribution in [3.8, 4) is 0 Å². The van der Waals surface area contributed by atoms with Crippen LogP contribution in [-0.4, -0.2) is 6.69 Å². The SMILES string of the molecule is CCCCC(CC)C[Si](Cl)(Cl)C1CCCCC1. The first-order valence-corrected chi connectivity index (χ1v) is 11.8. The minimum atomic E-state index is -1.99. The van der Waals surface area contributed by atoms with E-state index in [2.05, 4.69) is 13.8 Å². The standard InChI is InChI=1S/C14H28Cl2Si/c1-3-5-9-13(4-2)12-17(15,16)14-10-7-6-8-11-14/h13-14H,3-12H2,1-2H3. The molecule has 0 spiro atoms. The Morgan fingerprint density at radius 2 is 1.76 bits per heavy atom. The summed E-state index contributed by atoms with van der Waals surface area (Å²) in [6.07, 6.45) is 11.9. The van der Waals surface area contributed by atoms with E-state index in [4.69, 9.17) is 22.2 Å². The highest BCUT2D eigenvalue weighted by Crippen LogP contribution is 2.46. The Balaban J connectivity index is 2.44. The third kappa shape index (κ3) is 5.53. The molecule has 0 amide bonds. The van der Waals surface area contributed by atoms with Crippen LogP contribution in [-0.2, 0) is 0 Å². The summed E-state index contributed by atoms with van der Waals surface area (Å²) < 4.78 is 0. The molecule has 0 nitrogen and oxygen atoms in total. The van der Waals surface area contributed by atoms with Crippen LogP contribution in [0.15, 0.2) is 0 Å². The van der Waals surface area contributed by atoms with Gasteiger partial charge in [0.2, 0.25) is 0 Å². The summed E-state index contributed by atoms with van der Waals surface area (Å²) in [6.45, 7) is 2.56. The predicted octanol–water partition coefficient (Wildman–Crippen LogP) is 6.46. The summed E-state index contributed by atoms with van der Waals surface area (Å²) in [7, 11) is 0. The van der Waals surface area contributed by atoms with Crippen LogP contribution in [0.2, 0.25) is 11.6 Å². The van der Waals surface area contributed by atoms with Crippen molar-refractivity contribution in [3.05, 3.63) is 0 Å². The van der Waals surface area contributed by atoms with E-state index in [9.17, 15) is 0 Å². The highest BCUT2D eigenvalue weighted by molar-refractivity contribution is 7.46. The molecule has 102 valence electrons. The van der Waals surface area contributed by atoms with Gasteiger partial charge in [-0.15, -0.1) is 22.2 Å². The molecule has 1 aliphatic carbocycles. The van der Waals surface area contributed by atoms with Gasteiger partial charge < -0.3 is 0 Å². The summed E-state index contributed by atoms with van der Waals surface area (Å²) in [5, 5.41) is 0. The van der Waals surface area contributed by atoms with Crippen molar-refractivity contribution >= 4 is 28.9 Å². The molecule has 0 N–H and O–H groups in total. The highest BCUT2D eigenvalue weighted by Gasteiger charge is 2.40. The smallest absolute Gasteiger partial charge is 0.146 e. The lowest BCUT2D eigenvalue weighted by Gasteiger charge is -2.33. The van der Waals surface area contributed by atoms with Crippen LogP contribution >= 0.6 is 22.2 Å². The molecule has 3 heteroatoms. The fraction of sp³-hybridized carbons (Fsp3) is 1.00. The van der Waals surface area contributed by atoms with Crippen molar-refractivity contribution in [2.24, 2.45) is 5.92 Å². The quantitative estimate of drug-likeness (QED) is 0.373. The highest BCUT2D eigenvalue weighted by atomic mass is 35.7. The van der Waals surface area contributed by atoms with Crippen LogP contribution in [0.5, 0.6) is 0 Å². The molecule has 1 saturated carbocycles. The van der Waals surface area contributed by atoms with Crippen LogP contribution in [0, 0.1) is 5.92 Å². The average molecular weight is 295 g/mol. The predicted molar refractivity (Wildman–Crippen MR) is 82.4 cm³/mol. The molecule has 0 aromatic carbocycles. The summed E-state index contributed by atoms with van der Waals surface area (Å²) in [6, 6.07) is 1.14. The zero-order valence-corrected chi connectivity index (χ0v) is 14.0. The fourth-order valence-corrected chi connectivity index (χ4v) is 8.49. The molecule has 0 saturated heterocycles. The van der Waals surface area contributed by atoms with Crippen molar-refractivity contribution in [2.75, 3.05) is 0 Å². The molecule has 0 heterocycles. The minimum Gasteiger partial charge on any atom is -0.146 e. The second-order valence-electron chi connectivity index (χ2n) is 5.72. The Kier molecular flexibility index (Phi) is 7.52. The zero-order chi connectivity index (χ0) is 12.7. The van der Waals surface area contributed by atoms with E-state index in [0.717, 1.165) is 12.0 Å². The van der Waals surface area contributed by atoms with Gasteiger partial charge in [-0.05, 0) is 17.5 Å². The van der Waals surface area contributed by atoms with E-state index < -0.39 is 6.69 Å². The molecule has 0 aliphatic heterocycles. The van der Waals surface area contributed by atoms with Gasteiger partial charge in [-0.25, -0.2) is 0 Å². The van der Waals surface area contributed by atoms with Gasteiger partial charge in [-0.1, -0.05) is 71.6 Å². The first kappa shape index (κ1) is 15.9. The lowest BCUT2D eigenvalue weighted by atomic mass is 10.00. The van der Waals surface area contributed by atoms with Crippen molar-refractivity contribution < 1.29 is 0 Å². The third-order valence-electron chi connectivity index (χ3n) is 4.31. The van der Waals surface area contributed by atoms with Crippen molar-refractivity contribution in [1.29, 1.82) is 0 Å². The summed E-state index contributed by atoms with van der Waals surface area (Å²) in [5.41, 5.74) is 0.676. The Morgan fingerprint density at radius 3 is 2.29 bits per heavy atom. The van der Waals surface area contributed by atoms with Gasteiger partial charge in [0.25, 0.3) is 6.69 Å². The number of hydrogen-bond donors (Lipinski definition) is 0. The normalized spacial score (nSPS) is 20.5. The lowest BCUT2D eigenvalue weighted by molar-refractivity contribution is 0.468. The van der Waals surface area contributed by atoms with Crippen LogP contribution in [0.1, 0.15) is 71.6 Å². The Morgan fingerprint density at radius 1 is 1.12 bits per heavy atom. The Bertz CT molecular complexity index is 200. The maximum Gasteiger partial charge on any atom is 0.254 e. The van der Waals surface area contributed by atoms with Gasteiger partial charge in [0.1, 0.15) is 0 Å². The molecular formula is C14H28Cl2Si. The Hall–Kier alpha value is 0.797. The van der Waals surface area contributed by atoms with Gasteiger partial charge in [0.15, 0.2) is 0 Å². The first-order valence-electron chi connectivity index (χ1n) is 7.48. The van der Waals surface area contributed by atoms with E-state index in [1.54, 1.807) is 0 Å². The minimum absolute atomic E-state index is 0.676. The van der Waals surface area contributed by atoms with Crippen LogP contribution in [0.4, 0.5) is 0 Å². The topological polar surface area (TPSA) is 0 Å². The largest absolute Gasteiger partial charge is 0.254 e. The van der Waals surface area contributed by atoms with Gasteiger partial charge in [0, 0.05) is 0 Å². The summed E-state index contributed by atoms with van der Waals surface area (Å²) in [4.78, 5) is 0. The molecular weight excluding hydrogens is 267 g/mol. The lowest BCUT2D eigenvalue weighted by Crippen LogP contribution is -2.31. The maximum atomic E-state index is 6.77. The number of unbranched alkanes of at least 4 members (excludes halogenated alkanes) is 1. The monoisotopic (exact) mass is 294 g/mol. The first-order chi connectivity index (χ1) is 8.10. The van der Waals surface area contributed by atoms with Crippen LogP contribution < -0.4 is 0 Å². The third-order valence-corrected chi connectivity index (χ3v) is 9.98. The summed E-state index contributed by atoms with van der Waals surface area (Å²) >= 11 is 13.5. The number of halogens is 2. The molecule has 1 rings (SSSR count). The molecule has 1 fully saturated rings. The fourth-order valence-electron chi connectivity index (χ4n) is 3.02. The molecule has 17 heavy (non-hydrogen) atoms. The van der Waals surface area contributed by atoms with E-state index in [1.807, 2.05) is 0 Å². The van der Waals surface area contributed by atoms with E-state index >= 15 is 0 Å². The van der Waals surface area contributed by atoms with Gasteiger partial charge in [-0.2, -0.15) is 0 Å². The van der Waals surface area contributed by atoms with E-state index in [0.29, 0.717) is 5.54 Å². The van der Waals surface area contributed by atoms with E-state index in [1.165, 1.54) is 57.8 Å². The van der Waals surface area contributed by atoms with Gasteiger partial charge in [0.05, 0.1) is 0 Å². The molecule has 0 radical (unpaired) electrons. The molecule has 1 unspecified atom stereocenters.